The predicted molar refractivity (Wildman–Crippen MR) is 148 cm³/mol. The van der Waals surface area contributed by atoms with E-state index in [-0.39, 0.29) is 18.0 Å². The molecule has 0 aliphatic carbocycles. The van der Waals surface area contributed by atoms with Crippen LogP contribution in [0.1, 0.15) is 28.2 Å². The van der Waals surface area contributed by atoms with Crippen LogP contribution in [-0.4, -0.2) is 26.0 Å². The number of ether oxygens (including phenoxy) is 1. The van der Waals surface area contributed by atoms with Gasteiger partial charge in [0.2, 0.25) is 10.0 Å². The van der Waals surface area contributed by atoms with Crippen molar-refractivity contribution in [2.75, 3.05) is 7.11 Å². The summed E-state index contributed by atoms with van der Waals surface area (Å²) in [6.07, 6.45) is 1.58. The zero-order chi connectivity index (χ0) is 26.6. The lowest BCUT2D eigenvalue weighted by molar-refractivity contribution is 0.357. The van der Waals surface area contributed by atoms with Gasteiger partial charge < -0.3 is 9.15 Å². The Morgan fingerprint density at radius 1 is 0.919 bits per heavy atom. The number of benzene rings is 3. The molecule has 37 heavy (non-hydrogen) atoms. The fraction of sp³-hybridized carbons (Fsp3) is 0.179. The SMILES string of the molecule is COc1ccc(C)cc1N=Cc1ccc(CN(Cc2ccc(Cl)cc2Cl)S(=O)(=O)c2ccc(C)cc2)o1. The molecule has 4 aromatic rings. The van der Waals surface area contributed by atoms with Crippen molar-refractivity contribution in [3.8, 4) is 5.75 Å². The Labute approximate surface area is 227 Å². The summed E-state index contributed by atoms with van der Waals surface area (Å²) in [5, 5.41) is 0.859. The van der Waals surface area contributed by atoms with Crippen LogP contribution in [0.5, 0.6) is 5.75 Å². The number of nitrogens with zero attached hydrogens (tertiary/aromatic N) is 2. The molecule has 0 bridgehead atoms. The van der Waals surface area contributed by atoms with Crippen LogP contribution in [0.25, 0.3) is 0 Å². The molecule has 4 rings (SSSR count). The summed E-state index contributed by atoms with van der Waals surface area (Å²) >= 11 is 12.4. The summed E-state index contributed by atoms with van der Waals surface area (Å²) in [5.74, 6) is 1.58. The molecule has 0 atom stereocenters. The van der Waals surface area contributed by atoms with Crippen molar-refractivity contribution >= 4 is 45.1 Å². The third kappa shape index (κ3) is 6.62. The van der Waals surface area contributed by atoms with Crippen molar-refractivity contribution in [2.24, 2.45) is 4.99 Å². The van der Waals surface area contributed by atoms with Crippen LogP contribution < -0.4 is 4.74 Å². The van der Waals surface area contributed by atoms with Crippen LogP contribution in [0.4, 0.5) is 5.69 Å². The second-order valence-electron chi connectivity index (χ2n) is 8.56. The third-order valence-electron chi connectivity index (χ3n) is 5.70. The molecule has 0 fully saturated rings. The van der Waals surface area contributed by atoms with Crippen molar-refractivity contribution < 1.29 is 17.6 Å². The molecule has 0 spiro atoms. The van der Waals surface area contributed by atoms with E-state index in [9.17, 15) is 8.42 Å². The number of methoxy groups -OCH3 is 1. The third-order valence-corrected chi connectivity index (χ3v) is 8.09. The van der Waals surface area contributed by atoms with Crippen LogP contribution in [0.2, 0.25) is 10.0 Å². The maximum atomic E-state index is 13.6. The Hall–Kier alpha value is -3.10. The van der Waals surface area contributed by atoms with E-state index in [0.29, 0.717) is 38.6 Å². The standard InChI is InChI=1S/C28H26Cl2N2O4S/c1-19-4-11-25(12-5-19)37(33,34)32(17-21-7-8-22(29)15-26(21)30)18-24-10-9-23(36-24)16-31-27-14-20(2)6-13-28(27)35-3/h4-16H,17-18H2,1-3H3. The molecule has 1 heterocycles. The highest BCUT2D eigenvalue weighted by atomic mass is 35.5. The minimum Gasteiger partial charge on any atom is -0.494 e. The molecule has 0 aliphatic heterocycles. The number of aryl methyl sites for hydroxylation is 2. The first-order chi connectivity index (χ1) is 17.7. The minimum absolute atomic E-state index is 0.00320. The molecule has 0 unspecified atom stereocenters. The average molecular weight is 557 g/mol. The van der Waals surface area contributed by atoms with Crippen LogP contribution in [-0.2, 0) is 23.1 Å². The Bertz CT molecular complexity index is 1530. The van der Waals surface area contributed by atoms with Crippen molar-refractivity contribution in [3.05, 3.63) is 111 Å². The summed E-state index contributed by atoms with van der Waals surface area (Å²) in [4.78, 5) is 4.67. The zero-order valence-electron chi connectivity index (χ0n) is 20.6. The second-order valence-corrected chi connectivity index (χ2v) is 11.3. The van der Waals surface area contributed by atoms with Gasteiger partial charge in [-0.1, -0.05) is 53.0 Å². The fourth-order valence-electron chi connectivity index (χ4n) is 3.68. The molecule has 0 aliphatic rings. The van der Waals surface area contributed by atoms with E-state index in [1.807, 2.05) is 32.0 Å². The number of sulfonamides is 1. The molecule has 6 nitrogen and oxygen atoms in total. The first-order valence-electron chi connectivity index (χ1n) is 11.4. The van der Waals surface area contributed by atoms with E-state index < -0.39 is 10.0 Å². The summed E-state index contributed by atoms with van der Waals surface area (Å²) in [6, 6.07) is 20.9. The van der Waals surface area contributed by atoms with Gasteiger partial charge in [0.25, 0.3) is 0 Å². The monoisotopic (exact) mass is 556 g/mol. The van der Waals surface area contributed by atoms with E-state index in [1.54, 1.807) is 67.9 Å². The van der Waals surface area contributed by atoms with Gasteiger partial charge in [-0.15, -0.1) is 0 Å². The van der Waals surface area contributed by atoms with Gasteiger partial charge >= 0.3 is 0 Å². The molecule has 0 saturated heterocycles. The van der Waals surface area contributed by atoms with E-state index in [4.69, 9.17) is 32.4 Å². The van der Waals surface area contributed by atoms with Crippen LogP contribution >= 0.6 is 23.2 Å². The fourth-order valence-corrected chi connectivity index (χ4v) is 5.53. The molecule has 3 aromatic carbocycles. The van der Waals surface area contributed by atoms with Gasteiger partial charge in [-0.05, 0) is 73.5 Å². The molecule has 0 saturated carbocycles. The van der Waals surface area contributed by atoms with E-state index in [2.05, 4.69) is 4.99 Å². The lowest BCUT2D eigenvalue weighted by Gasteiger charge is -2.22. The first kappa shape index (κ1) is 26.9. The van der Waals surface area contributed by atoms with E-state index in [0.717, 1.165) is 11.1 Å². The lowest BCUT2D eigenvalue weighted by Crippen LogP contribution is -2.30. The largest absolute Gasteiger partial charge is 0.494 e. The van der Waals surface area contributed by atoms with Crippen molar-refractivity contribution in [2.45, 2.75) is 31.8 Å². The molecular weight excluding hydrogens is 531 g/mol. The van der Waals surface area contributed by atoms with Crippen LogP contribution in [0.15, 0.2) is 87.1 Å². The Morgan fingerprint density at radius 3 is 2.35 bits per heavy atom. The number of halogens is 2. The topological polar surface area (TPSA) is 72.1 Å². The lowest BCUT2D eigenvalue weighted by atomic mass is 10.2. The van der Waals surface area contributed by atoms with Crippen LogP contribution in [0.3, 0.4) is 0 Å². The smallest absolute Gasteiger partial charge is 0.243 e. The molecule has 9 heteroatoms. The van der Waals surface area contributed by atoms with Crippen LogP contribution in [0, 0.1) is 13.8 Å². The number of furan rings is 1. The maximum Gasteiger partial charge on any atom is 0.243 e. The average Bonchev–Trinajstić information content (AvgIpc) is 3.31. The number of aliphatic imine (C=N–C) groups is 1. The summed E-state index contributed by atoms with van der Waals surface area (Å²) < 4.78 is 39.9. The summed E-state index contributed by atoms with van der Waals surface area (Å²) in [5.41, 5.74) is 3.31. The predicted octanol–water partition coefficient (Wildman–Crippen LogP) is 7.35. The van der Waals surface area contributed by atoms with Crippen molar-refractivity contribution in [1.29, 1.82) is 0 Å². The van der Waals surface area contributed by atoms with Gasteiger partial charge in [0.05, 0.1) is 24.8 Å². The molecular formula is C28H26Cl2N2O4S. The Kier molecular flexibility index (Phi) is 8.39. The Morgan fingerprint density at radius 2 is 1.65 bits per heavy atom. The van der Waals surface area contributed by atoms with Crippen molar-refractivity contribution in [1.82, 2.24) is 4.31 Å². The van der Waals surface area contributed by atoms with Gasteiger partial charge in [0.1, 0.15) is 23.0 Å². The van der Waals surface area contributed by atoms with Gasteiger partial charge in [-0.2, -0.15) is 4.31 Å². The highest BCUT2D eigenvalue weighted by molar-refractivity contribution is 7.89. The highest BCUT2D eigenvalue weighted by Crippen LogP contribution is 2.29. The molecule has 192 valence electrons. The first-order valence-corrected chi connectivity index (χ1v) is 13.6. The summed E-state index contributed by atoms with van der Waals surface area (Å²) in [7, 11) is -2.28. The number of hydrogen-bond donors (Lipinski definition) is 0. The van der Waals surface area contributed by atoms with Gasteiger partial charge in [-0.25, -0.2) is 13.4 Å². The molecule has 0 radical (unpaired) electrons. The minimum atomic E-state index is -3.87. The van der Waals surface area contributed by atoms with Gasteiger partial charge in [0, 0.05) is 16.6 Å². The Balaban J connectivity index is 1.63. The maximum absolute atomic E-state index is 13.6. The zero-order valence-corrected chi connectivity index (χ0v) is 22.9. The van der Waals surface area contributed by atoms with E-state index >= 15 is 0 Å². The molecule has 1 aromatic heterocycles. The van der Waals surface area contributed by atoms with Crippen molar-refractivity contribution in [3.63, 3.8) is 0 Å². The summed E-state index contributed by atoms with van der Waals surface area (Å²) in [6.45, 7) is 3.91. The molecule has 0 N–H and O–H groups in total. The highest BCUT2D eigenvalue weighted by Gasteiger charge is 2.27. The van der Waals surface area contributed by atoms with Gasteiger partial charge in [0.15, 0.2) is 0 Å². The van der Waals surface area contributed by atoms with Gasteiger partial charge in [-0.3, -0.25) is 0 Å². The normalized spacial score (nSPS) is 11.9. The van der Waals surface area contributed by atoms with E-state index in [1.165, 1.54) is 4.31 Å². The quantitative estimate of drug-likeness (QED) is 0.202. The molecule has 0 amide bonds. The second kappa shape index (κ2) is 11.5. The number of hydrogen-bond acceptors (Lipinski definition) is 5. The number of rotatable bonds is 9.